The molecule has 2 aromatic rings. The molecule has 16 heavy (non-hydrogen) atoms. The van der Waals surface area contributed by atoms with Gasteiger partial charge in [0.25, 0.3) is 5.91 Å². The van der Waals surface area contributed by atoms with Crippen molar-refractivity contribution in [2.24, 2.45) is 0 Å². The largest absolute Gasteiger partial charge is 0.459 e. The number of amides is 1. The molecule has 0 aliphatic carbocycles. The predicted octanol–water partition coefficient (Wildman–Crippen LogP) is 2.32. The molecule has 0 atom stereocenters. The van der Waals surface area contributed by atoms with Crippen molar-refractivity contribution in [3.63, 3.8) is 0 Å². The molecular formula is C9H8BrN3O2S. The monoisotopic (exact) mass is 301 g/mol. The molecule has 0 aliphatic rings. The second kappa shape index (κ2) is 5.22. The Morgan fingerprint density at radius 1 is 1.56 bits per heavy atom. The van der Waals surface area contributed by atoms with Crippen LogP contribution in [0.25, 0.3) is 0 Å². The minimum Gasteiger partial charge on any atom is -0.459 e. The molecule has 84 valence electrons. The van der Waals surface area contributed by atoms with Crippen molar-refractivity contribution >= 4 is 38.3 Å². The molecule has 1 N–H and O–H groups in total. The molecule has 2 rings (SSSR count). The van der Waals surface area contributed by atoms with Crippen LogP contribution in [0.5, 0.6) is 0 Å². The molecule has 0 aromatic carbocycles. The third-order valence-corrected chi connectivity index (χ3v) is 3.04. The molecule has 0 aliphatic heterocycles. The van der Waals surface area contributed by atoms with Crippen molar-refractivity contribution in [2.45, 2.75) is 6.42 Å². The van der Waals surface area contributed by atoms with Gasteiger partial charge in [0.05, 0.1) is 6.26 Å². The normalized spacial score (nSPS) is 10.3. The number of anilines is 1. The van der Waals surface area contributed by atoms with Crippen LogP contribution in [-0.2, 0) is 6.42 Å². The topological polar surface area (TPSA) is 68.0 Å². The molecule has 0 saturated carbocycles. The van der Waals surface area contributed by atoms with E-state index in [1.165, 1.54) is 17.6 Å². The Bertz CT molecular complexity index is 469. The maximum atomic E-state index is 11.6. The van der Waals surface area contributed by atoms with Crippen molar-refractivity contribution in [2.75, 3.05) is 10.6 Å². The highest BCUT2D eigenvalue weighted by molar-refractivity contribution is 9.09. The van der Waals surface area contributed by atoms with Crippen LogP contribution < -0.4 is 5.32 Å². The van der Waals surface area contributed by atoms with Crippen molar-refractivity contribution in [1.82, 2.24) is 10.2 Å². The molecule has 0 fully saturated rings. The van der Waals surface area contributed by atoms with Gasteiger partial charge in [-0.25, -0.2) is 0 Å². The van der Waals surface area contributed by atoms with E-state index in [2.05, 4.69) is 31.4 Å². The summed E-state index contributed by atoms with van der Waals surface area (Å²) in [7, 11) is 0. The van der Waals surface area contributed by atoms with Gasteiger partial charge in [-0.15, -0.1) is 10.2 Å². The molecule has 0 radical (unpaired) electrons. The number of nitrogens with one attached hydrogen (secondary N) is 1. The first-order chi connectivity index (χ1) is 7.79. The fraction of sp³-hybridized carbons (Fsp3) is 0.222. The Kier molecular flexibility index (Phi) is 3.68. The van der Waals surface area contributed by atoms with Crippen LogP contribution in [0.15, 0.2) is 22.8 Å². The van der Waals surface area contributed by atoms with Crippen molar-refractivity contribution in [3.8, 4) is 0 Å². The Morgan fingerprint density at radius 2 is 2.44 bits per heavy atom. The van der Waals surface area contributed by atoms with E-state index in [0.29, 0.717) is 5.13 Å². The minimum absolute atomic E-state index is 0.261. The van der Waals surface area contributed by atoms with Gasteiger partial charge in [-0.2, -0.15) is 0 Å². The predicted molar refractivity (Wildman–Crippen MR) is 64.1 cm³/mol. The van der Waals surface area contributed by atoms with Gasteiger partial charge in [-0.3, -0.25) is 10.1 Å². The summed E-state index contributed by atoms with van der Waals surface area (Å²) >= 11 is 4.67. The fourth-order valence-electron chi connectivity index (χ4n) is 1.05. The average Bonchev–Trinajstić information content (AvgIpc) is 2.89. The number of rotatable bonds is 4. The van der Waals surface area contributed by atoms with Gasteiger partial charge in [-0.05, 0) is 12.1 Å². The summed E-state index contributed by atoms with van der Waals surface area (Å²) in [6.07, 6.45) is 2.25. The highest BCUT2D eigenvalue weighted by Crippen LogP contribution is 2.17. The Hall–Kier alpha value is -1.21. The summed E-state index contributed by atoms with van der Waals surface area (Å²) in [5, 5.41) is 12.6. The number of nitrogens with zero attached hydrogens (tertiary/aromatic N) is 2. The van der Waals surface area contributed by atoms with Gasteiger partial charge < -0.3 is 4.42 Å². The molecule has 0 saturated heterocycles. The molecule has 0 unspecified atom stereocenters. The van der Waals surface area contributed by atoms with E-state index in [1.54, 1.807) is 12.1 Å². The number of carbonyl (C=O) groups is 1. The summed E-state index contributed by atoms with van der Waals surface area (Å²) in [5.41, 5.74) is 0. The summed E-state index contributed by atoms with van der Waals surface area (Å²) in [5.74, 6) is -0.0521. The summed E-state index contributed by atoms with van der Waals surface area (Å²) < 4.78 is 4.96. The fourth-order valence-corrected chi connectivity index (χ4v) is 2.42. The second-order valence-corrected chi connectivity index (χ2v) is 4.73. The molecule has 2 heterocycles. The zero-order valence-electron chi connectivity index (χ0n) is 8.14. The molecule has 5 nitrogen and oxygen atoms in total. The first-order valence-corrected chi connectivity index (χ1v) is 6.46. The van der Waals surface area contributed by atoms with Crippen LogP contribution in [0.2, 0.25) is 0 Å². The number of aromatic nitrogens is 2. The van der Waals surface area contributed by atoms with Crippen molar-refractivity contribution in [3.05, 3.63) is 29.2 Å². The quantitative estimate of drug-likeness (QED) is 0.880. The van der Waals surface area contributed by atoms with Crippen LogP contribution in [0.4, 0.5) is 5.13 Å². The number of carbonyl (C=O) groups excluding carboxylic acids is 1. The summed E-state index contributed by atoms with van der Waals surface area (Å²) in [6.45, 7) is 0. The lowest BCUT2D eigenvalue weighted by molar-refractivity contribution is 0.0996. The van der Waals surface area contributed by atoms with Crippen molar-refractivity contribution in [1.29, 1.82) is 0 Å². The molecule has 0 spiro atoms. The van der Waals surface area contributed by atoms with Crippen LogP contribution in [0, 0.1) is 0 Å². The maximum absolute atomic E-state index is 11.6. The van der Waals surface area contributed by atoms with Crippen LogP contribution in [-0.4, -0.2) is 21.4 Å². The molecule has 7 heteroatoms. The first kappa shape index (κ1) is 11.3. The zero-order valence-corrected chi connectivity index (χ0v) is 10.5. The van der Waals surface area contributed by atoms with Crippen LogP contribution in [0.3, 0.4) is 0 Å². The molecule has 2 aromatic heterocycles. The summed E-state index contributed by atoms with van der Waals surface area (Å²) in [6, 6.07) is 3.25. The number of hydrogen-bond acceptors (Lipinski definition) is 5. The number of aryl methyl sites for hydroxylation is 1. The number of furan rings is 1. The lowest BCUT2D eigenvalue weighted by atomic mass is 10.4. The maximum Gasteiger partial charge on any atom is 0.293 e. The summed E-state index contributed by atoms with van der Waals surface area (Å²) in [4.78, 5) is 11.6. The van der Waals surface area contributed by atoms with E-state index < -0.39 is 0 Å². The molecule has 0 bridgehead atoms. The van der Waals surface area contributed by atoms with E-state index in [0.717, 1.165) is 16.8 Å². The zero-order chi connectivity index (χ0) is 11.4. The van der Waals surface area contributed by atoms with E-state index in [4.69, 9.17) is 4.42 Å². The van der Waals surface area contributed by atoms with Gasteiger partial charge in [0.2, 0.25) is 5.13 Å². The standard InChI is InChI=1S/C9H8BrN3O2S/c10-4-3-7-12-13-9(16-7)11-8(14)6-2-1-5-15-6/h1-2,5H,3-4H2,(H,11,13,14). The Labute approximate surface area is 104 Å². The average molecular weight is 302 g/mol. The van der Waals surface area contributed by atoms with Crippen LogP contribution in [0.1, 0.15) is 15.6 Å². The van der Waals surface area contributed by atoms with Gasteiger partial charge in [0.1, 0.15) is 5.01 Å². The number of halogens is 1. The highest BCUT2D eigenvalue weighted by Gasteiger charge is 2.11. The van der Waals surface area contributed by atoms with Gasteiger partial charge >= 0.3 is 0 Å². The SMILES string of the molecule is O=C(Nc1nnc(CCBr)s1)c1ccco1. The third-order valence-electron chi connectivity index (χ3n) is 1.74. The lowest BCUT2D eigenvalue weighted by Crippen LogP contribution is -2.10. The van der Waals surface area contributed by atoms with E-state index in [1.807, 2.05) is 0 Å². The molecule has 1 amide bonds. The van der Waals surface area contributed by atoms with E-state index in [9.17, 15) is 4.79 Å². The lowest BCUT2D eigenvalue weighted by Gasteiger charge is -1.95. The van der Waals surface area contributed by atoms with Gasteiger partial charge in [-0.1, -0.05) is 27.3 Å². The van der Waals surface area contributed by atoms with E-state index in [-0.39, 0.29) is 11.7 Å². The van der Waals surface area contributed by atoms with Gasteiger partial charge in [0, 0.05) is 11.8 Å². The number of hydrogen-bond donors (Lipinski definition) is 1. The van der Waals surface area contributed by atoms with E-state index >= 15 is 0 Å². The van der Waals surface area contributed by atoms with Crippen molar-refractivity contribution < 1.29 is 9.21 Å². The second-order valence-electron chi connectivity index (χ2n) is 2.87. The Balaban J connectivity index is 2.01. The Morgan fingerprint density at radius 3 is 3.12 bits per heavy atom. The molecular weight excluding hydrogens is 294 g/mol. The number of alkyl halides is 1. The van der Waals surface area contributed by atoms with Crippen LogP contribution >= 0.6 is 27.3 Å². The smallest absolute Gasteiger partial charge is 0.293 e. The highest BCUT2D eigenvalue weighted by atomic mass is 79.9. The first-order valence-electron chi connectivity index (χ1n) is 4.53. The minimum atomic E-state index is -0.313. The third kappa shape index (κ3) is 2.67. The van der Waals surface area contributed by atoms with Gasteiger partial charge in [0.15, 0.2) is 5.76 Å².